The molecule has 22 heavy (non-hydrogen) atoms. The second-order valence-electron chi connectivity index (χ2n) is 5.71. The number of rotatable bonds is 11. The number of amides is 3. The molecule has 6 nitrogen and oxygen atoms in total. The molecule has 1 aliphatic heterocycles. The molecule has 0 aromatic rings. The van der Waals surface area contributed by atoms with Crippen LogP contribution in [0.4, 0.5) is 4.79 Å². The van der Waals surface area contributed by atoms with Crippen molar-refractivity contribution in [3.05, 3.63) is 0 Å². The summed E-state index contributed by atoms with van der Waals surface area (Å²) in [6, 6.07) is 0.0306. The van der Waals surface area contributed by atoms with Crippen LogP contribution in [-0.2, 0) is 9.53 Å². The van der Waals surface area contributed by atoms with Crippen molar-refractivity contribution >= 4 is 24.6 Å². The predicted molar refractivity (Wildman–Crippen MR) is 90.3 cm³/mol. The highest BCUT2D eigenvalue weighted by molar-refractivity contribution is 7.81. The highest BCUT2D eigenvalue weighted by Crippen LogP contribution is 2.17. The van der Waals surface area contributed by atoms with Gasteiger partial charge in [-0.2, -0.15) is 12.6 Å². The van der Waals surface area contributed by atoms with Crippen LogP contribution in [0, 0.1) is 0 Å². The molecule has 0 aromatic heterocycles. The fourth-order valence-electron chi connectivity index (χ4n) is 2.46. The molecular weight excluding hydrogens is 302 g/mol. The lowest BCUT2D eigenvalue weighted by atomic mass is 10.0. The molecule has 3 unspecified atom stereocenters. The molecule has 3 atom stereocenters. The van der Waals surface area contributed by atoms with E-state index in [0.29, 0.717) is 19.6 Å². The Bertz CT molecular complexity index is 355. The molecule has 3 amide bonds. The number of thiol groups is 1. The first-order valence-corrected chi connectivity index (χ1v) is 8.65. The SMILES string of the molecule is CCCOCCNC(=O)CCCCC(S)C1NC(=O)NC1C. The second kappa shape index (κ2) is 10.7. The highest BCUT2D eigenvalue weighted by atomic mass is 32.1. The minimum Gasteiger partial charge on any atom is -0.380 e. The molecule has 1 rings (SSSR count). The third-order valence-corrected chi connectivity index (χ3v) is 4.26. The molecule has 0 aliphatic carbocycles. The van der Waals surface area contributed by atoms with Gasteiger partial charge in [-0.25, -0.2) is 4.79 Å². The topological polar surface area (TPSA) is 79.5 Å². The van der Waals surface area contributed by atoms with E-state index in [9.17, 15) is 9.59 Å². The monoisotopic (exact) mass is 331 g/mol. The average molecular weight is 331 g/mol. The van der Waals surface area contributed by atoms with Gasteiger partial charge in [0.15, 0.2) is 0 Å². The third-order valence-electron chi connectivity index (χ3n) is 3.68. The van der Waals surface area contributed by atoms with Gasteiger partial charge in [0, 0.05) is 30.9 Å². The highest BCUT2D eigenvalue weighted by Gasteiger charge is 2.32. The lowest BCUT2D eigenvalue weighted by molar-refractivity contribution is -0.121. The molecular formula is C15H29N3O3S. The summed E-state index contributed by atoms with van der Waals surface area (Å²) < 4.78 is 5.30. The Hall–Kier alpha value is -0.950. The zero-order valence-electron chi connectivity index (χ0n) is 13.6. The summed E-state index contributed by atoms with van der Waals surface area (Å²) in [4.78, 5) is 22.9. The normalized spacial score (nSPS) is 22.0. The quantitative estimate of drug-likeness (QED) is 0.342. The maximum Gasteiger partial charge on any atom is 0.315 e. The van der Waals surface area contributed by atoms with E-state index in [1.807, 2.05) is 6.92 Å². The maximum atomic E-state index is 11.6. The summed E-state index contributed by atoms with van der Waals surface area (Å²) in [6.07, 6.45) is 4.16. The van der Waals surface area contributed by atoms with Crippen LogP contribution in [0.25, 0.3) is 0 Å². The van der Waals surface area contributed by atoms with E-state index in [4.69, 9.17) is 4.74 Å². The Labute approximate surface area is 138 Å². The molecule has 0 aromatic carbocycles. The first kappa shape index (κ1) is 19.1. The average Bonchev–Trinajstić information content (AvgIpc) is 2.82. The number of ether oxygens (including phenoxy) is 1. The maximum absolute atomic E-state index is 11.6. The zero-order valence-corrected chi connectivity index (χ0v) is 14.5. The summed E-state index contributed by atoms with van der Waals surface area (Å²) in [5, 5.41) is 8.66. The fraction of sp³-hybridized carbons (Fsp3) is 0.867. The van der Waals surface area contributed by atoms with E-state index in [0.717, 1.165) is 32.3 Å². The van der Waals surface area contributed by atoms with Gasteiger partial charge >= 0.3 is 6.03 Å². The predicted octanol–water partition coefficient (Wildman–Crippen LogP) is 1.46. The Balaban J connectivity index is 2.02. The van der Waals surface area contributed by atoms with Crippen molar-refractivity contribution < 1.29 is 14.3 Å². The third kappa shape index (κ3) is 7.35. The van der Waals surface area contributed by atoms with Crippen LogP contribution in [0.5, 0.6) is 0 Å². The Morgan fingerprint density at radius 1 is 1.36 bits per heavy atom. The van der Waals surface area contributed by atoms with Crippen LogP contribution < -0.4 is 16.0 Å². The van der Waals surface area contributed by atoms with Crippen LogP contribution in [0.3, 0.4) is 0 Å². The minimum atomic E-state index is -0.124. The van der Waals surface area contributed by atoms with Crippen LogP contribution >= 0.6 is 12.6 Å². The standard InChI is InChI=1S/C15H29N3O3S/c1-3-9-21-10-8-16-13(19)7-5-4-6-12(22)14-11(2)17-15(20)18-14/h11-12,14,22H,3-10H2,1-2H3,(H,16,19)(H2,17,18,20). The molecule has 3 N–H and O–H groups in total. The van der Waals surface area contributed by atoms with Crippen molar-refractivity contribution in [3.63, 3.8) is 0 Å². The van der Waals surface area contributed by atoms with Gasteiger partial charge in [-0.05, 0) is 26.2 Å². The van der Waals surface area contributed by atoms with Gasteiger partial charge in [-0.3, -0.25) is 4.79 Å². The molecule has 1 saturated heterocycles. The first-order chi connectivity index (χ1) is 10.5. The van der Waals surface area contributed by atoms with Crippen molar-refractivity contribution in [2.45, 2.75) is 63.3 Å². The molecule has 7 heteroatoms. The van der Waals surface area contributed by atoms with E-state index < -0.39 is 0 Å². The lowest BCUT2D eigenvalue weighted by Crippen LogP contribution is -2.39. The molecule has 0 spiro atoms. The van der Waals surface area contributed by atoms with E-state index in [1.165, 1.54) is 0 Å². The van der Waals surface area contributed by atoms with Crippen molar-refractivity contribution in [1.29, 1.82) is 0 Å². The summed E-state index contributed by atoms with van der Waals surface area (Å²) in [6.45, 7) is 5.92. The summed E-state index contributed by atoms with van der Waals surface area (Å²) >= 11 is 4.57. The van der Waals surface area contributed by atoms with Gasteiger partial charge in [-0.1, -0.05) is 13.3 Å². The van der Waals surface area contributed by atoms with E-state index in [-0.39, 0.29) is 29.3 Å². The van der Waals surface area contributed by atoms with E-state index in [1.54, 1.807) is 0 Å². The number of urea groups is 1. The molecule has 128 valence electrons. The van der Waals surface area contributed by atoms with Crippen molar-refractivity contribution in [2.24, 2.45) is 0 Å². The van der Waals surface area contributed by atoms with E-state index >= 15 is 0 Å². The summed E-state index contributed by atoms with van der Waals surface area (Å²) in [5.41, 5.74) is 0. The number of nitrogens with one attached hydrogen (secondary N) is 3. The number of carbonyl (C=O) groups is 2. The van der Waals surface area contributed by atoms with Gasteiger partial charge in [0.1, 0.15) is 0 Å². The van der Waals surface area contributed by atoms with Crippen molar-refractivity contribution in [1.82, 2.24) is 16.0 Å². The largest absolute Gasteiger partial charge is 0.380 e. The lowest BCUT2D eigenvalue weighted by Gasteiger charge is -2.21. The van der Waals surface area contributed by atoms with Gasteiger partial charge in [-0.15, -0.1) is 0 Å². The number of hydrogen-bond acceptors (Lipinski definition) is 4. The van der Waals surface area contributed by atoms with Gasteiger partial charge < -0.3 is 20.7 Å². The Kier molecular flexibility index (Phi) is 9.31. The van der Waals surface area contributed by atoms with Crippen LogP contribution in [0.1, 0.15) is 46.0 Å². The van der Waals surface area contributed by atoms with Crippen LogP contribution in [0.15, 0.2) is 0 Å². The Morgan fingerprint density at radius 2 is 2.14 bits per heavy atom. The molecule has 0 bridgehead atoms. The summed E-state index contributed by atoms with van der Waals surface area (Å²) in [5.74, 6) is 0.0695. The Morgan fingerprint density at radius 3 is 2.77 bits per heavy atom. The molecule has 1 heterocycles. The van der Waals surface area contributed by atoms with E-state index in [2.05, 4.69) is 35.5 Å². The van der Waals surface area contributed by atoms with Crippen molar-refractivity contribution in [3.8, 4) is 0 Å². The second-order valence-corrected chi connectivity index (χ2v) is 6.37. The molecule has 1 aliphatic rings. The van der Waals surface area contributed by atoms with Crippen LogP contribution in [-0.4, -0.2) is 49.0 Å². The number of carbonyl (C=O) groups excluding carboxylic acids is 2. The summed E-state index contributed by atoms with van der Waals surface area (Å²) in [7, 11) is 0. The fourth-order valence-corrected chi connectivity index (χ4v) is 2.98. The van der Waals surface area contributed by atoms with Gasteiger partial charge in [0.05, 0.1) is 12.6 Å². The number of unbranched alkanes of at least 4 members (excludes halogenated alkanes) is 1. The number of hydrogen-bond donors (Lipinski definition) is 4. The smallest absolute Gasteiger partial charge is 0.315 e. The van der Waals surface area contributed by atoms with Gasteiger partial charge in [0.25, 0.3) is 0 Å². The first-order valence-electron chi connectivity index (χ1n) is 8.14. The molecule has 0 radical (unpaired) electrons. The zero-order chi connectivity index (χ0) is 16.4. The minimum absolute atomic E-state index is 0.0559. The molecule has 0 saturated carbocycles. The van der Waals surface area contributed by atoms with Gasteiger partial charge in [0.2, 0.25) is 5.91 Å². The molecule has 1 fully saturated rings. The van der Waals surface area contributed by atoms with Crippen LogP contribution in [0.2, 0.25) is 0 Å². The van der Waals surface area contributed by atoms with Crippen molar-refractivity contribution in [2.75, 3.05) is 19.8 Å².